The molecule has 0 bridgehead atoms. The lowest BCUT2D eigenvalue weighted by Crippen LogP contribution is -2.64. The normalized spacial score (nSPS) is 27.2. The van der Waals surface area contributed by atoms with E-state index in [0.29, 0.717) is 32.4 Å². The molecule has 0 aliphatic carbocycles. The maximum absolute atomic E-state index is 12.5. The molecule has 0 radical (unpaired) electrons. The van der Waals surface area contributed by atoms with Gasteiger partial charge in [-0.1, -0.05) is 0 Å². The number of aromatic nitrogens is 2. The summed E-state index contributed by atoms with van der Waals surface area (Å²) in [5.74, 6) is -0.0704. The lowest BCUT2D eigenvalue weighted by atomic mass is 9.75. The molecular formula is C19H31N5O4. The molecule has 9 heteroatoms. The number of aliphatic hydroxyl groups is 1. The summed E-state index contributed by atoms with van der Waals surface area (Å²) in [6.45, 7) is 3.78. The van der Waals surface area contributed by atoms with E-state index in [4.69, 9.17) is 4.74 Å². The summed E-state index contributed by atoms with van der Waals surface area (Å²) in [5, 5.41) is 13.9. The first-order valence-corrected chi connectivity index (χ1v) is 9.73. The van der Waals surface area contributed by atoms with Gasteiger partial charge in [-0.3, -0.25) is 9.59 Å². The summed E-state index contributed by atoms with van der Waals surface area (Å²) >= 11 is 0. The Morgan fingerprint density at radius 3 is 2.64 bits per heavy atom. The van der Waals surface area contributed by atoms with Gasteiger partial charge < -0.3 is 29.5 Å². The molecule has 3 heterocycles. The molecule has 1 aromatic rings. The van der Waals surface area contributed by atoms with Crippen LogP contribution < -0.4 is 5.32 Å². The number of likely N-dealkylation sites (tertiary alicyclic amines) is 1. The van der Waals surface area contributed by atoms with Crippen LogP contribution in [0, 0.1) is 0 Å². The van der Waals surface area contributed by atoms with Crippen molar-refractivity contribution in [3.63, 3.8) is 0 Å². The molecule has 0 aromatic carbocycles. The van der Waals surface area contributed by atoms with E-state index in [1.165, 1.54) is 0 Å². The third-order valence-electron chi connectivity index (χ3n) is 5.69. The quantitative estimate of drug-likeness (QED) is 0.697. The summed E-state index contributed by atoms with van der Waals surface area (Å²) in [5.41, 5.74) is -1.50. The molecule has 2 N–H and O–H groups in total. The standard InChI is InChI=1S/C19H31N5O4/c1-18(27)13-19(28-12-15(18)21-16(25)10-22(2)3)4-7-24(8-5-19)17(26)11-23-9-6-20-14-23/h6,9,14-15,27H,4-5,7-8,10-13H2,1-3H3,(H,21,25)/t15-,18-/m0/s1. The van der Waals surface area contributed by atoms with Gasteiger partial charge in [0.05, 0.1) is 36.7 Å². The number of hydrogen-bond acceptors (Lipinski definition) is 6. The van der Waals surface area contributed by atoms with Crippen LogP contribution in [0.15, 0.2) is 18.7 Å². The van der Waals surface area contributed by atoms with Gasteiger partial charge in [0.25, 0.3) is 0 Å². The molecule has 2 aliphatic rings. The molecule has 156 valence electrons. The molecule has 0 saturated carbocycles. The molecule has 2 amide bonds. The van der Waals surface area contributed by atoms with Crippen LogP contribution in [0.2, 0.25) is 0 Å². The second-order valence-corrected chi connectivity index (χ2v) is 8.50. The summed E-state index contributed by atoms with van der Waals surface area (Å²) < 4.78 is 7.91. The molecule has 2 atom stereocenters. The molecule has 2 fully saturated rings. The number of nitrogens with zero attached hydrogens (tertiary/aromatic N) is 4. The number of carbonyl (C=O) groups is 2. The van der Waals surface area contributed by atoms with Crippen molar-refractivity contribution in [2.24, 2.45) is 0 Å². The van der Waals surface area contributed by atoms with E-state index in [1.54, 1.807) is 35.1 Å². The second kappa shape index (κ2) is 8.18. The number of hydrogen-bond donors (Lipinski definition) is 2. The van der Waals surface area contributed by atoms with Crippen LogP contribution in [-0.4, -0.2) is 93.9 Å². The van der Waals surface area contributed by atoms with Crippen molar-refractivity contribution < 1.29 is 19.4 Å². The molecule has 2 aliphatic heterocycles. The smallest absolute Gasteiger partial charge is 0.242 e. The lowest BCUT2D eigenvalue weighted by Gasteiger charge is -2.51. The van der Waals surface area contributed by atoms with Crippen molar-refractivity contribution in [1.82, 2.24) is 24.7 Å². The number of carbonyl (C=O) groups excluding carboxylic acids is 2. The average Bonchev–Trinajstić information content (AvgIpc) is 3.10. The predicted octanol–water partition coefficient (Wildman–Crippen LogP) is -0.538. The molecule has 1 spiro atoms. The molecule has 28 heavy (non-hydrogen) atoms. The minimum atomic E-state index is -1.05. The summed E-state index contributed by atoms with van der Waals surface area (Å²) in [4.78, 5) is 32.1. The largest absolute Gasteiger partial charge is 0.388 e. The Labute approximate surface area is 165 Å². The van der Waals surface area contributed by atoms with Gasteiger partial charge in [-0.05, 0) is 33.9 Å². The molecule has 9 nitrogen and oxygen atoms in total. The number of piperidine rings is 1. The Balaban J connectivity index is 1.53. The van der Waals surface area contributed by atoms with Crippen molar-refractivity contribution in [3.8, 4) is 0 Å². The van der Waals surface area contributed by atoms with Crippen LogP contribution in [0.25, 0.3) is 0 Å². The maximum atomic E-state index is 12.5. The van der Waals surface area contributed by atoms with Gasteiger partial charge in [0, 0.05) is 31.9 Å². The van der Waals surface area contributed by atoms with E-state index in [0.717, 1.165) is 0 Å². The van der Waals surface area contributed by atoms with Gasteiger partial charge in [-0.25, -0.2) is 4.98 Å². The third-order valence-corrected chi connectivity index (χ3v) is 5.69. The Morgan fingerprint density at radius 1 is 1.36 bits per heavy atom. The van der Waals surface area contributed by atoms with E-state index < -0.39 is 17.2 Å². The molecule has 1 aromatic heterocycles. The fraction of sp³-hybridized carbons (Fsp3) is 0.737. The first-order chi connectivity index (χ1) is 13.2. The highest BCUT2D eigenvalue weighted by atomic mass is 16.5. The van der Waals surface area contributed by atoms with Gasteiger partial charge >= 0.3 is 0 Å². The van der Waals surface area contributed by atoms with Crippen molar-refractivity contribution >= 4 is 11.8 Å². The number of likely N-dealkylation sites (N-methyl/N-ethyl adjacent to an activating group) is 1. The zero-order valence-electron chi connectivity index (χ0n) is 16.9. The highest BCUT2D eigenvalue weighted by molar-refractivity contribution is 5.78. The monoisotopic (exact) mass is 393 g/mol. The highest BCUT2D eigenvalue weighted by Crippen LogP contribution is 2.39. The Hall–Kier alpha value is -1.97. The van der Waals surface area contributed by atoms with Crippen LogP contribution in [0.4, 0.5) is 0 Å². The van der Waals surface area contributed by atoms with Gasteiger partial charge in [0.2, 0.25) is 11.8 Å². The fourth-order valence-corrected chi connectivity index (χ4v) is 4.11. The van der Waals surface area contributed by atoms with Crippen LogP contribution in [0.3, 0.4) is 0 Å². The van der Waals surface area contributed by atoms with Crippen molar-refractivity contribution in [2.45, 2.75) is 50.0 Å². The van der Waals surface area contributed by atoms with Crippen LogP contribution in [-0.2, 0) is 20.9 Å². The van der Waals surface area contributed by atoms with Crippen LogP contribution in [0.1, 0.15) is 26.2 Å². The summed E-state index contributed by atoms with van der Waals surface area (Å²) in [7, 11) is 3.65. The fourth-order valence-electron chi connectivity index (χ4n) is 4.11. The predicted molar refractivity (Wildman–Crippen MR) is 102 cm³/mol. The van der Waals surface area contributed by atoms with Crippen molar-refractivity contribution in [3.05, 3.63) is 18.7 Å². The summed E-state index contributed by atoms with van der Waals surface area (Å²) in [6.07, 6.45) is 6.86. The molecular weight excluding hydrogens is 362 g/mol. The Kier molecular flexibility index (Phi) is 6.07. The van der Waals surface area contributed by atoms with E-state index in [9.17, 15) is 14.7 Å². The zero-order chi connectivity index (χ0) is 20.4. The number of imidazole rings is 1. The van der Waals surface area contributed by atoms with Gasteiger partial charge in [0.15, 0.2) is 0 Å². The average molecular weight is 393 g/mol. The topological polar surface area (TPSA) is 99.9 Å². The molecule has 0 unspecified atom stereocenters. The minimum absolute atomic E-state index is 0.0595. The molecule has 3 rings (SSSR count). The zero-order valence-corrected chi connectivity index (χ0v) is 16.9. The number of ether oxygens (including phenoxy) is 1. The Bertz CT molecular complexity index is 681. The minimum Gasteiger partial charge on any atom is -0.388 e. The highest BCUT2D eigenvalue weighted by Gasteiger charge is 2.49. The number of nitrogens with one attached hydrogen (secondary N) is 1. The van der Waals surface area contributed by atoms with Gasteiger partial charge in [-0.15, -0.1) is 0 Å². The van der Waals surface area contributed by atoms with Crippen LogP contribution >= 0.6 is 0 Å². The first-order valence-electron chi connectivity index (χ1n) is 9.73. The number of amides is 2. The van der Waals surface area contributed by atoms with E-state index in [-0.39, 0.29) is 31.5 Å². The first kappa shape index (κ1) is 20.8. The molecule has 2 saturated heterocycles. The van der Waals surface area contributed by atoms with Crippen LogP contribution in [0.5, 0.6) is 0 Å². The second-order valence-electron chi connectivity index (χ2n) is 8.50. The van der Waals surface area contributed by atoms with E-state index in [2.05, 4.69) is 10.3 Å². The SMILES string of the molecule is CN(C)CC(=O)N[C@H]1COC2(CCN(C(=O)Cn3ccnc3)CC2)C[C@]1(C)O. The Morgan fingerprint density at radius 2 is 2.07 bits per heavy atom. The third kappa shape index (κ3) is 4.89. The van der Waals surface area contributed by atoms with E-state index in [1.807, 2.05) is 19.0 Å². The van der Waals surface area contributed by atoms with Crippen molar-refractivity contribution in [1.29, 1.82) is 0 Å². The maximum Gasteiger partial charge on any atom is 0.242 e. The van der Waals surface area contributed by atoms with E-state index >= 15 is 0 Å². The van der Waals surface area contributed by atoms with Gasteiger partial charge in [-0.2, -0.15) is 0 Å². The number of rotatable bonds is 5. The van der Waals surface area contributed by atoms with Gasteiger partial charge in [0.1, 0.15) is 6.54 Å². The summed E-state index contributed by atoms with van der Waals surface area (Å²) in [6, 6.07) is -0.438. The lowest BCUT2D eigenvalue weighted by molar-refractivity contribution is -0.190. The van der Waals surface area contributed by atoms with Crippen molar-refractivity contribution in [2.75, 3.05) is 40.3 Å².